The minimum absolute atomic E-state index is 0.0834. The molecule has 0 heterocycles. The van der Waals surface area contributed by atoms with Gasteiger partial charge >= 0.3 is 5.97 Å². The number of nitrogens with one attached hydrogen (secondary N) is 1. The molecule has 0 spiro atoms. The monoisotopic (exact) mass is 244 g/mol. The third-order valence-electron chi connectivity index (χ3n) is 2.95. The van der Waals surface area contributed by atoms with Crippen LogP contribution >= 0.6 is 0 Å². The maximum Gasteiger partial charge on any atom is 0.322 e. The molecule has 2 aromatic carbocycles. The molecule has 4 N–H and O–H groups in total. The van der Waals surface area contributed by atoms with Crippen molar-refractivity contribution in [1.82, 2.24) is 5.32 Å². The quantitative estimate of drug-likeness (QED) is 0.742. The summed E-state index contributed by atoms with van der Waals surface area (Å²) < 4.78 is 0. The lowest BCUT2D eigenvalue weighted by molar-refractivity contribution is -0.139. The number of fused-ring (bicyclic) bond motifs is 1. The van der Waals surface area contributed by atoms with E-state index < -0.39 is 12.0 Å². The van der Waals surface area contributed by atoms with Crippen LogP contribution in [0.4, 0.5) is 0 Å². The van der Waals surface area contributed by atoms with Crippen LogP contribution in [0.5, 0.6) is 0 Å². The van der Waals surface area contributed by atoms with E-state index in [4.69, 9.17) is 10.8 Å². The van der Waals surface area contributed by atoms with E-state index in [2.05, 4.69) is 5.32 Å². The number of nitrogens with two attached hydrogens (primary N) is 1. The molecular formula is C14H16N2O2. The molecule has 0 fully saturated rings. The van der Waals surface area contributed by atoms with E-state index in [0.29, 0.717) is 6.54 Å². The van der Waals surface area contributed by atoms with Crippen LogP contribution in [0.3, 0.4) is 0 Å². The van der Waals surface area contributed by atoms with Gasteiger partial charge in [0.05, 0.1) is 0 Å². The van der Waals surface area contributed by atoms with Crippen molar-refractivity contribution in [3.63, 3.8) is 0 Å². The summed E-state index contributed by atoms with van der Waals surface area (Å²) in [5.74, 6) is -0.919. The van der Waals surface area contributed by atoms with Gasteiger partial charge in [-0.3, -0.25) is 10.1 Å². The van der Waals surface area contributed by atoms with E-state index in [1.54, 1.807) is 0 Å². The van der Waals surface area contributed by atoms with Crippen molar-refractivity contribution in [1.29, 1.82) is 0 Å². The van der Waals surface area contributed by atoms with Crippen molar-refractivity contribution < 1.29 is 9.90 Å². The highest BCUT2D eigenvalue weighted by Crippen LogP contribution is 2.18. The molecule has 4 heteroatoms. The first-order chi connectivity index (χ1) is 8.72. The first-order valence-electron chi connectivity index (χ1n) is 5.85. The van der Waals surface area contributed by atoms with Crippen LogP contribution in [0.25, 0.3) is 10.8 Å². The standard InChI is InChI=1S/C14H16N2O2/c15-8-13(14(17)18)16-9-11-6-3-5-10-4-1-2-7-12(10)11/h1-7,13,16H,8-9,15H2,(H,17,18). The highest BCUT2D eigenvalue weighted by molar-refractivity contribution is 5.85. The fourth-order valence-corrected chi connectivity index (χ4v) is 1.95. The fourth-order valence-electron chi connectivity index (χ4n) is 1.95. The van der Waals surface area contributed by atoms with Gasteiger partial charge in [-0.2, -0.15) is 0 Å². The van der Waals surface area contributed by atoms with E-state index in [-0.39, 0.29) is 6.54 Å². The number of aliphatic carboxylic acids is 1. The molecule has 0 aliphatic heterocycles. The number of carboxylic acid groups (broad SMARTS) is 1. The van der Waals surface area contributed by atoms with Gasteiger partial charge in [-0.25, -0.2) is 0 Å². The van der Waals surface area contributed by atoms with Gasteiger partial charge in [-0.1, -0.05) is 42.5 Å². The van der Waals surface area contributed by atoms with Crippen LogP contribution < -0.4 is 11.1 Å². The lowest BCUT2D eigenvalue weighted by atomic mass is 10.0. The molecular weight excluding hydrogens is 228 g/mol. The van der Waals surface area contributed by atoms with E-state index in [1.807, 2.05) is 42.5 Å². The molecule has 1 atom stereocenters. The molecule has 0 aliphatic rings. The third-order valence-corrected chi connectivity index (χ3v) is 2.95. The average molecular weight is 244 g/mol. The number of carboxylic acids is 1. The normalized spacial score (nSPS) is 12.5. The molecule has 4 nitrogen and oxygen atoms in total. The van der Waals surface area contributed by atoms with Crippen molar-refractivity contribution in [3.8, 4) is 0 Å². The van der Waals surface area contributed by atoms with Gasteiger partial charge in [-0.05, 0) is 16.3 Å². The number of rotatable bonds is 5. The zero-order valence-corrected chi connectivity index (χ0v) is 9.97. The molecule has 0 saturated heterocycles. The van der Waals surface area contributed by atoms with Gasteiger partial charge in [0.2, 0.25) is 0 Å². The molecule has 2 rings (SSSR count). The smallest absolute Gasteiger partial charge is 0.322 e. The average Bonchev–Trinajstić information content (AvgIpc) is 2.39. The van der Waals surface area contributed by atoms with Gasteiger partial charge in [-0.15, -0.1) is 0 Å². The summed E-state index contributed by atoms with van der Waals surface area (Å²) in [6, 6.07) is 13.3. The molecule has 0 aliphatic carbocycles. The zero-order valence-electron chi connectivity index (χ0n) is 9.97. The Bertz CT molecular complexity index is 549. The Hall–Kier alpha value is -1.91. The SMILES string of the molecule is NCC(NCc1cccc2ccccc12)C(=O)O. The Morgan fingerprint density at radius 3 is 2.67 bits per heavy atom. The largest absolute Gasteiger partial charge is 0.480 e. The Kier molecular flexibility index (Phi) is 3.92. The van der Waals surface area contributed by atoms with Crippen LogP contribution in [-0.2, 0) is 11.3 Å². The van der Waals surface area contributed by atoms with Crippen molar-refractivity contribution in [2.45, 2.75) is 12.6 Å². The molecule has 18 heavy (non-hydrogen) atoms. The highest BCUT2D eigenvalue weighted by Gasteiger charge is 2.14. The third kappa shape index (κ3) is 2.67. The second kappa shape index (κ2) is 5.62. The van der Waals surface area contributed by atoms with Crippen LogP contribution in [0, 0.1) is 0 Å². The van der Waals surface area contributed by atoms with Gasteiger partial charge in [0, 0.05) is 13.1 Å². The number of carbonyl (C=O) groups is 1. The van der Waals surface area contributed by atoms with Gasteiger partial charge in [0.25, 0.3) is 0 Å². The first-order valence-corrected chi connectivity index (χ1v) is 5.85. The Balaban J connectivity index is 2.19. The number of benzene rings is 2. The van der Waals surface area contributed by atoms with Crippen LogP contribution in [-0.4, -0.2) is 23.7 Å². The molecule has 94 valence electrons. The molecule has 2 aromatic rings. The summed E-state index contributed by atoms with van der Waals surface area (Å²) in [7, 11) is 0. The molecule has 0 amide bonds. The van der Waals surface area contributed by atoms with Crippen LogP contribution in [0.1, 0.15) is 5.56 Å². The summed E-state index contributed by atoms with van der Waals surface area (Å²) in [6.45, 7) is 0.579. The van der Waals surface area contributed by atoms with Gasteiger partial charge in [0.1, 0.15) is 6.04 Å². The van der Waals surface area contributed by atoms with Crippen molar-refractivity contribution in [3.05, 3.63) is 48.0 Å². The number of hydrogen-bond donors (Lipinski definition) is 3. The van der Waals surface area contributed by atoms with Gasteiger partial charge in [0.15, 0.2) is 0 Å². The lowest BCUT2D eigenvalue weighted by Crippen LogP contribution is -2.42. The maximum atomic E-state index is 10.9. The molecule has 1 unspecified atom stereocenters. The zero-order chi connectivity index (χ0) is 13.0. The molecule has 0 radical (unpaired) electrons. The first kappa shape index (κ1) is 12.5. The van der Waals surface area contributed by atoms with Crippen molar-refractivity contribution >= 4 is 16.7 Å². The van der Waals surface area contributed by atoms with Crippen LogP contribution in [0.15, 0.2) is 42.5 Å². The van der Waals surface area contributed by atoms with Crippen molar-refractivity contribution in [2.75, 3.05) is 6.54 Å². The predicted octanol–water partition coefficient (Wildman–Crippen LogP) is 1.34. The summed E-state index contributed by atoms with van der Waals surface area (Å²) >= 11 is 0. The fraction of sp³-hybridized carbons (Fsp3) is 0.214. The van der Waals surface area contributed by atoms with E-state index in [0.717, 1.165) is 16.3 Å². The summed E-state index contributed by atoms with van der Waals surface area (Å²) in [6.07, 6.45) is 0. The second-order valence-electron chi connectivity index (χ2n) is 4.15. The summed E-state index contributed by atoms with van der Waals surface area (Å²) in [4.78, 5) is 10.9. The van der Waals surface area contributed by atoms with E-state index in [1.165, 1.54) is 0 Å². The van der Waals surface area contributed by atoms with Crippen LogP contribution in [0.2, 0.25) is 0 Å². The molecule has 0 bridgehead atoms. The summed E-state index contributed by atoms with van der Waals surface area (Å²) in [5.41, 5.74) is 6.48. The van der Waals surface area contributed by atoms with Gasteiger partial charge < -0.3 is 10.8 Å². The van der Waals surface area contributed by atoms with E-state index >= 15 is 0 Å². The molecule has 0 saturated carbocycles. The highest BCUT2D eigenvalue weighted by atomic mass is 16.4. The minimum atomic E-state index is -0.919. The Labute approximate surface area is 105 Å². The predicted molar refractivity (Wildman–Crippen MR) is 71.3 cm³/mol. The lowest BCUT2D eigenvalue weighted by Gasteiger charge is -2.13. The Morgan fingerprint density at radius 2 is 1.94 bits per heavy atom. The topological polar surface area (TPSA) is 75.3 Å². The summed E-state index contributed by atoms with van der Waals surface area (Å²) in [5, 5.41) is 14.2. The van der Waals surface area contributed by atoms with Crippen molar-refractivity contribution in [2.24, 2.45) is 5.73 Å². The van der Waals surface area contributed by atoms with E-state index in [9.17, 15) is 4.79 Å². The Morgan fingerprint density at radius 1 is 1.22 bits per heavy atom. The maximum absolute atomic E-state index is 10.9. The molecule has 0 aromatic heterocycles. The second-order valence-corrected chi connectivity index (χ2v) is 4.15. The minimum Gasteiger partial charge on any atom is -0.480 e. The number of hydrogen-bond acceptors (Lipinski definition) is 3.